The summed E-state index contributed by atoms with van der Waals surface area (Å²) in [6.07, 6.45) is 1.59. The van der Waals surface area contributed by atoms with E-state index >= 15 is 0 Å². The molecular formula is C22H23NO3S. The third kappa shape index (κ3) is 3.22. The molecule has 27 heavy (non-hydrogen) atoms. The Morgan fingerprint density at radius 1 is 1.22 bits per heavy atom. The van der Waals surface area contributed by atoms with Gasteiger partial charge in [-0.1, -0.05) is 36.4 Å². The van der Waals surface area contributed by atoms with Crippen LogP contribution >= 0.6 is 11.3 Å². The number of benzene rings is 2. The molecule has 1 fully saturated rings. The Morgan fingerprint density at radius 2 is 1.93 bits per heavy atom. The van der Waals surface area contributed by atoms with Crippen LogP contribution in [0.15, 0.2) is 54.6 Å². The lowest BCUT2D eigenvalue weighted by Crippen LogP contribution is -2.42. The zero-order valence-electron chi connectivity index (χ0n) is 15.5. The van der Waals surface area contributed by atoms with E-state index in [-0.39, 0.29) is 12.5 Å². The molecule has 1 aliphatic rings. The number of rotatable bonds is 6. The van der Waals surface area contributed by atoms with Crippen molar-refractivity contribution in [2.45, 2.75) is 30.8 Å². The third-order valence-electron chi connectivity index (χ3n) is 5.36. The van der Waals surface area contributed by atoms with E-state index < -0.39 is 11.0 Å². The number of carbonyl (C=O) groups excluding carboxylic acids is 1. The molecule has 140 valence electrons. The fraction of sp³-hybridized carbons (Fsp3) is 0.318. The van der Waals surface area contributed by atoms with Crippen molar-refractivity contribution >= 4 is 27.3 Å². The molecule has 5 heteroatoms. The van der Waals surface area contributed by atoms with Crippen molar-refractivity contribution in [3.05, 3.63) is 65.0 Å². The molecule has 3 aromatic rings. The average Bonchev–Trinajstić information content (AvgIpc) is 3.37. The highest BCUT2D eigenvalue weighted by Crippen LogP contribution is 2.51. The normalized spacial score (nSPS) is 17.3. The minimum atomic E-state index is -1.11. The Kier molecular flexibility index (Phi) is 4.44. The van der Waals surface area contributed by atoms with Gasteiger partial charge in [-0.2, -0.15) is 0 Å². The fourth-order valence-electron chi connectivity index (χ4n) is 3.54. The molecule has 0 saturated heterocycles. The monoisotopic (exact) mass is 381 g/mol. The zero-order chi connectivity index (χ0) is 19.1. The number of ether oxygens (including phenoxy) is 1. The van der Waals surface area contributed by atoms with Crippen molar-refractivity contribution < 1.29 is 14.6 Å². The predicted molar refractivity (Wildman–Crippen MR) is 108 cm³/mol. The van der Waals surface area contributed by atoms with Gasteiger partial charge in [-0.25, -0.2) is 0 Å². The molecule has 2 N–H and O–H groups in total. The highest BCUT2D eigenvalue weighted by molar-refractivity contribution is 7.19. The summed E-state index contributed by atoms with van der Waals surface area (Å²) in [5, 5.41) is 15.1. The molecule has 1 amide bonds. The first-order valence-corrected chi connectivity index (χ1v) is 9.91. The van der Waals surface area contributed by atoms with Gasteiger partial charge in [-0.05, 0) is 43.4 Å². The van der Waals surface area contributed by atoms with Gasteiger partial charge < -0.3 is 15.2 Å². The van der Waals surface area contributed by atoms with Crippen LogP contribution in [0.2, 0.25) is 0 Å². The van der Waals surface area contributed by atoms with Gasteiger partial charge in [0, 0.05) is 15.1 Å². The lowest BCUT2D eigenvalue weighted by atomic mass is 9.93. The molecular weight excluding hydrogens is 358 g/mol. The minimum absolute atomic E-state index is 0.0478. The molecule has 0 bridgehead atoms. The molecule has 1 aliphatic carbocycles. The molecule has 1 unspecified atom stereocenters. The first-order valence-electron chi connectivity index (χ1n) is 9.09. The minimum Gasteiger partial charge on any atom is -0.496 e. The van der Waals surface area contributed by atoms with E-state index in [1.807, 2.05) is 54.6 Å². The predicted octanol–water partition coefficient (Wildman–Crippen LogP) is 3.97. The van der Waals surface area contributed by atoms with Gasteiger partial charge in [0.1, 0.15) is 11.4 Å². The second-order valence-corrected chi connectivity index (χ2v) is 8.47. The number of hydrogen-bond donors (Lipinski definition) is 2. The van der Waals surface area contributed by atoms with E-state index in [0.717, 1.165) is 39.1 Å². The molecule has 0 spiro atoms. The van der Waals surface area contributed by atoms with Crippen LogP contribution in [0.25, 0.3) is 10.1 Å². The summed E-state index contributed by atoms with van der Waals surface area (Å²) in [6, 6.07) is 17.7. The molecule has 0 radical (unpaired) electrons. The molecule has 1 atom stereocenters. The van der Waals surface area contributed by atoms with E-state index in [2.05, 4.69) is 5.32 Å². The van der Waals surface area contributed by atoms with Crippen molar-refractivity contribution in [2.75, 3.05) is 13.7 Å². The summed E-state index contributed by atoms with van der Waals surface area (Å²) < 4.78 is 6.57. The van der Waals surface area contributed by atoms with Crippen molar-refractivity contribution in [1.29, 1.82) is 0 Å². The van der Waals surface area contributed by atoms with Crippen molar-refractivity contribution in [1.82, 2.24) is 5.32 Å². The number of methoxy groups -OCH3 is 1. The number of amides is 1. The number of fused-ring (bicyclic) bond motifs is 1. The van der Waals surface area contributed by atoms with Crippen LogP contribution < -0.4 is 10.1 Å². The van der Waals surface area contributed by atoms with Crippen LogP contribution in [-0.2, 0) is 15.8 Å². The van der Waals surface area contributed by atoms with Crippen molar-refractivity contribution in [3.63, 3.8) is 0 Å². The number of hydrogen-bond acceptors (Lipinski definition) is 4. The smallest absolute Gasteiger partial charge is 0.230 e. The van der Waals surface area contributed by atoms with Gasteiger partial charge in [0.15, 0.2) is 0 Å². The summed E-state index contributed by atoms with van der Waals surface area (Å²) in [6.45, 7) is 1.93. The molecule has 4 rings (SSSR count). The quantitative estimate of drug-likeness (QED) is 0.679. The Labute approximate surface area is 162 Å². The number of nitrogens with one attached hydrogen (secondary N) is 1. The number of para-hydroxylation sites is 1. The van der Waals surface area contributed by atoms with E-state index in [9.17, 15) is 9.90 Å². The average molecular weight is 381 g/mol. The van der Waals surface area contributed by atoms with Crippen molar-refractivity contribution in [2.24, 2.45) is 0 Å². The van der Waals surface area contributed by atoms with Crippen LogP contribution in [0.4, 0.5) is 0 Å². The molecule has 1 heterocycles. The molecule has 4 nitrogen and oxygen atoms in total. The SMILES string of the molecule is COc1ccccc1C1(C(=O)NCC(C)(O)c2cc3ccccc3s2)CC1. The summed E-state index contributed by atoms with van der Waals surface area (Å²) >= 11 is 1.56. The van der Waals surface area contributed by atoms with Gasteiger partial charge in [0.2, 0.25) is 5.91 Å². The largest absolute Gasteiger partial charge is 0.496 e. The van der Waals surface area contributed by atoms with E-state index in [0.29, 0.717) is 0 Å². The maximum absolute atomic E-state index is 13.0. The Morgan fingerprint density at radius 3 is 2.63 bits per heavy atom. The maximum Gasteiger partial charge on any atom is 0.230 e. The van der Waals surface area contributed by atoms with E-state index in [1.54, 1.807) is 25.4 Å². The van der Waals surface area contributed by atoms with Crippen LogP contribution in [0, 0.1) is 0 Å². The molecule has 2 aromatic carbocycles. The lowest BCUT2D eigenvalue weighted by Gasteiger charge is -2.25. The Hall–Kier alpha value is -2.37. The van der Waals surface area contributed by atoms with Gasteiger partial charge in [-0.15, -0.1) is 11.3 Å². The Balaban J connectivity index is 1.51. The van der Waals surface area contributed by atoms with E-state index in [1.165, 1.54) is 0 Å². The second-order valence-electron chi connectivity index (χ2n) is 7.39. The number of thiophene rings is 1. The van der Waals surface area contributed by atoms with E-state index in [4.69, 9.17) is 4.74 Å². The van der Waals surface area contributed by atoms with Gasteiger partial charge in [0.05, 0.1) is 19.1 Å². The summed E-state index contributed by atoms with van der Waals surface area (Å²) in [7, 11) is 1.62. The Bertz CT molecular complexity index is 955. The topological polar surface area (TPSA) is 58.6 Å². The van der Waals surface area contributed by atoms with Gasteiger partial charge in [0.25, 0.3) is 0 Å². The first kappa shape index (κ1) is 18.0. The molecule has 1 saturated carbocycles. The fourth-order valence-corrected chi connectivity index (χ4v) is 4.65. The van der Waals surface area contributed by atoms with Gasteiger partial charge in [-0.3, -0.25) is 4.79 Å². The lowest BCUT2D eigenvalue weighted by molar-refractivity contribution is -0.124. The maximum atomic E-state index is 13.0. The standard InChI is InChI=1S/C22H23NO3S/c1-21(25,19-13-15-7-3-6-10-18(15)27-19)14-23-20(24)22(11-12-22)16-8-4-5-9-17(16)26-2/h3-10,13,25H,11-12,14H2,1-2H3,(H,23,24). The third-order valence-corrected chi connectivity index (χ3v) is 6.73. The first-order chi connectivity index (χ1) is 13.0. The highest BCUT2D eigenvalue weighted by Gasteiger charge is 2.53. The van der Waals surface area contributed by atoms with Crippen molar-refractivity contribution in [3.8, 4) is 5.75 Å². The van der Waals surface area contributed by atoms with Gasteiger partial charge >= 0.3 is 0 Å². The van der Waals surface area contributed by atoms with Crippen LogP contribution in [-0.4, -0.2) is 24.7 Å². The van der Waals surface area contributed by atoms with Crippen LogP contribution in [0.5, 0.6) is 5.75 Å². The summed E-state index contributed by atoms with van der Waals surface area (Å²) in [4.78, 5) is 13.8. The molecule has 0 aliphatic heterocycles. The summed E-state index contributed by atoms with van der Waals surface area (Å²) in [5.74, 6) is 0.690. The zero-order valence-corrected chi connectivity index (χ0v) is 16.3. The highest BCUT2D eigenvalue weighted by atomic mass is 32.1. The summed E-state index contributed by atoms with van der Waals surface area (Å²) in [5.41, 5.74) is -0.731. The second kappa shape index (κ2) is 6.66. The number of aliphatic hydroxyl groups is 1. The van der Waals surface area contributed by atoms with Crippen LogP contribution in [0.3, 0.4) is 0 Å². The molecule has 1 aromatic heterocycles. The van der Waals surface area contributed by atoms with Crippen LogP contribution in [0.1, 0.15) is 30.2 Å². The number of carbonyl (C=O) groups is 1.